The van der Waals surface area contributed by atoms with Crippen LogP contribution in [0.15, 0.2) is 0 Å². The quantitative estimate of drug-likeness (QED) is 0.451. The van der Waals surface area contributed by atoms with Gasteiger partial charge in [-0.3, -0.25) is 14.4 Å². The second-order valence-electron chi connectivity index (χ2n) is 3.66. The van der Waals surface area contributed by atoms with Crippen molar-refractivity contribution < 1.29 is 14.4 Å². The van der Waals surface area contributed by atoms with Crippen molar-refractivity contribution in [3.8, 4) is 0 Å². The summed E-state index contributed by atoms with van der Waals surface area (Å²) >= 11 is 10.3. The summed E-state index contributed by atoms with van der Waals surface area (Å²) in [6.45, 7) is 0. The summed E-state index contributed by atoms with van der Waals surface area (Å²) < 4.78 is 0. The van der Waals surface area contributed by atoms with Crippen molar-refractivity contribution in [1.29, 1.82) is 0 Å². The second kappa shape index (κ2) is 9.79. The van der Waals surface area contributed by atoms with Gasteiger partial charge >= 0.3 is 0 Å². The van der Waals surface area contributed by atoms with E-state index in [2.05, 4.69) is 0 Å². The van der Waals surface area contributed by atoms with Gasteiger partial charge in [0.05, 0.1) is 0 Å². The minimum atomic E-state index is -0.354. The Morgan fingerprint density at radius 3 is 1.25 bits per heavy atom. The van der Waals surface area contributed by atoms with Crippen molar-refractivity contribution in [3.05, 3.63) is 0 Å². The molecule has 0 atom stereocenters. The molecular weight excluding hydrogens is 251 g/mol. The highest BCUT2D eigenvalue weighted by Gasteiger charge is 2.04. The first-order valence-electron chi connectivity index (χ1n) is 5.40. The Kier molecular flexibility index (Phi) is 9.54. The molecule has 0 aliphatic rings. The summed E-state index contributed by atoms with van der Waals surface area (Å²) in [5.74, 6) is 0.170. The molecule has 0 bridgehead atoms. The van der Waals surface area contributed by atoms with Crippen molar-refractivity contribution in [3.63, 3.8) is 0 Å². The minimum Gasteiger partial charge on any atom is -0.300 e. The molecular formula is C11H16Cl2O3. The Hall–Kier alpha value is -0.410. The molecule has 5 heteroatoms. The van der Waals surface area contributed by atoms with E-state index in [9.17, 15) is 14.4 Å². The lowest BCUT2D eigenvalue weighted by Crippen LogP contribution is -1.99. The van der Waals surface area contributed by atoms with Crippen molar-refractivity contribution in [2.45, 2.75) is 51.4 Å². The van der Waals surface area contributed by atoms with Gasteiger partial charge in [-0.25, -0.2) is 0 Å². The van der Waals surface area contributed by atoms with Crippen LogP contribution in [0.1, 0.15) is 51.4 Å². The van der Waals surface area contributed by atoms with Gasteiger partial charge in [-0.05, 0) is 48.9 Å². The first-order valence-corrected chi connectivity index (χ1v) is 6.16. The SMILES string of the molecule is O=C(Cl)CCCCC(=O)CCCCC(=O)Cl. The van der Waals surface area contributed by atoms with Crippen molar-refractivity contribution >= 4 is 39.5 Å². The first-order chi connectivity index (χ1) is 7.52. The molecule has 3 nitrogen and oxygen atoms in total. The summed E-state index contributed by atoms with van der Waals surface area (Å²) in [4.78, 5) is 32.1. The van der Waals surface area contributed by atoms with Crippen LogP contribution < -0.4 is 0 Å². The third kappa shape index (κ3) is 11.7. The third-order valence-electron chi connectivity index (χ3n) is 2.16. The molecule has 0 aromatic heterocycles. The monoisotopic (exact) mass is 266 g/mol. The molecule has 0 heterocycles. The van der Waals surface area contributed by atoms with Crippen LogP contribution in [0.4, 0.5) is 0 Å². The largest absolute Gasteiger partial charge is 0.300 e. The maximum Gasteiger partial charge on any atom is 0.221 e. The number of Topliss-reactive ketones (excluding diaryl/α,β-unsaturated/α-hetero) is 1. The molecule has 0 spiro atoms. The van der Waals surface area contributed by atoms with E-state index in [-0.39, 0.29) is 16.3 Å². The van der Waals surface area contributed by atoms with E-state index in [1.165, 1.54) is 0 Å². The Bertz CT molecular complexity index is 228. The van der Waals surface area contributed by atoms with Crippen LogP contribution in [-0.2, 0) is 14.4 Å². The van der Waals surface area contributed by atoms with Gasteiger partial charge in [-0.1, -0.05) is 0 Å². The smallest absolute Gasteiger partial charge is 0.221 e. The molecule has 0 saturated heterocycles. The summed E-state index contributed by atoms with van der Waals surface area (Å²) in [6, 6.07) is 0. The molecule has 0 aliphatic heterocycles. The summed E-state index contributed by atoms with van der Waals surface area (Å²) in [5, 5.41) is -0.707. The van der Waals surface area contributed by atoms with E-state index in [4.69, 9.17) is 23.2 Å². The lowest BCUT2D eigenvalue weighted by molar-refractivity contribution is -0.119. The maximum atomic E-state index is 11.3. The molecule has 0 aromatic rings. The number of carbonyl (C=O) groups excluding carboxylic acids is 3. The lowest BCUT2D eigenvalue weighted by Gasteiger charge is -1.99. The van der Waals surface area contributed by atoms with Gasteiger partial charge in [0.15, 0.2) is 0 Å². The van der Waals surface area contributed by atoms with Crippen LogP contribution in [0, 0.1) is 0 Å². The zero-order valence-electron chi connectivity index (χ0n) is 9.14. The topological polar surface area (TPSA) is 51.2 Å². The van der Waals surface area contributed by atoms with Gasteiger partial charge in [0.2, 0.25) is 10.5 Å². The number of carbonyl (C=O) groups is 3. The van der Waals surface area contributed by atoms with Gasteiger partial charge in [0.25, 0.3) is 0 Å². The van der Waals surface area contributed by atoms with E-state index in [1.54, 1.807) is 0 Å². The average Bonchev–Trinajstić information content (AvgIpc) is 2.19. The Balaban J connectivity index is 3.31. The van der Waals surface area contributed by atoms with Gasteiger partial charge in [0.1, 0.15) is 5.78 Å². The van der Waals surface area contributed by atoms with Crippen LogP contribution in [0.5, 0.6) is 0 Å². The number of unbranched alkanes of at least 4 members (excludes halogenated alkanes) is 2. The summed E-state index contributed by atoms with van der Waals surface area (Å²) in [6.07, 6.45) is 4.35. The summed E-state index contributed by atoms with van der Waals surface area (Å²) in [5.41, 5.74) is 0. The van der Waals surface area contributed by atoms with Crippen LogP contribution in [0.2, 0.25) is 0 Å². The van der Waals surface area contributed by atoms with Crippen LogP contribution in [-0.4, -0.2) is 16.3 Å². The van der Waals surface area contributed by atoms with E-state index < -0.39 is 0 Å². The van der Waals surface area contributed by atoms with Crippen LogP contribution >= 0.6 is 23.2 Å². The molecule has 92 valence electrons. The summed E-state index contributed by atoms with van der Waals surface area (Å²) in [7, 11) is 0. The predicted molar refractivity (Wildman–Crippen MR) is 63.7 cm³/mol. The third-order valence-corrected chi connectivity index (χ3v) is 2.54. The van der Waals surface area contributed by atoms with E-state index in [0.717, 1.165) is 0 Å². The fraction of sp³-hybridized carbons (Fsp3) is 0.727. The van der Waals surface area contributed by atoms with Gasteiger partial charge in [-0.15, -0.1) is 0 Å². The van der Waals surface area contributed by atoms with Gasteiger partial charge < -0.3 is 0 Å². The Labute approximate surface area is 105 Å². The number of hydrogen-bond donors (Lipinski definition) is 0. The highest BCUT2D eigenvalue weighted by molar-refractivity contribution is 6.63. The van der Waals surface area contributed by atoms with Crippen molar-refractivity contribution in [1.82, 2.24) is 0 Å². The van der Waals surface area contributed by atoms with E-state index in [0.29, 0.717) is 51.4 Å². The molecule has 0 amide bonds. The first kappa shape index (κ1) is 15.6. The molecule has 0 rings (SSSR count). The molecule has 0 N–H and O–H groups in total. The molecule has 0 radical (unpaired) electrons. The fourth-order valence-electron chi connectivity index (χ4n) is 1.30. The average molecular weight is 267 g/mol. The van der Waals surface area contributed by atoms with Crippen LogP contribution in [0.25, 0.3) is 0 Å². The highest BCUT2D eigenvalue weighted by atomic mass is 35.5. The number of halogens is 2. The lowest BCUT2D eigenvalue weighted by atomic mass is 10.1. The second-order valence-corrected chi connectivity index (χ2v) is 4.51. The molecule has 16 heavy (non-hydrogen) atoms. The molecule has 0 aromatic carbocycles. The number of rotatable bonds is 10. The van der Waals surface area contributed by atoms with Gasteiger partial charge in [-0.2, -0.15) is 0 Å². The van der Waals surface area contributed by atoms with Crippen molar-refractivity contribution in [2.24, 2.45) is 0 Å². The fourth-order valence-corrected chi connectivity index (χ4v) is 1.56. The minimum absolute atomic E-state index is 0.170. The van der Waals surface area contributed by atoms with Crippen molar-refractivity contribution in [2.75, 3.05) is 0 Å². The Morgan fingerprint density at radius 1 is 0.625 bits per heavy atom. The van der Waals surface area contributed by atoms with E-state index in [1.807, 2.05) is 0 Å². The molecule has 0 fully saturated rings. The zero-order valence-corrected chi connectivity index (χ0v) is 10.6. The van der Waals surface area contributed by atoms with Crippen LogP contribution in [0.3, 0.4) is 0 Å². The normalized spacial score (nSPS) is 10.1. The zero-order chi connectivity index (χ0) is 12.4. The highest BCUT2D eigenvalue weighted by Crippen LogP contribution is 2.08. The predicted octanol–water partition coefficient (Wildman–Crippen LogP) is 3.21. The maximum absolute atomic E-state index is 11.3. The standard InChI is InChI=1S/C11H16Cl2O3/c12-10(15)7-3-1-5-9(14)6-2-4-8-11(13)16/h1-8H2. The number of hydrogen-bond acceptors (Lipinski definition) is 3. The molecule has 0 saturated carbocycles. The van der Waals surface area contributed by atoms with E-state index >= 15 is 0 Å². The molecule has 0 aliphatic carbocycles. The van der Waals surface area contributed by atoms with Gasteiger partial charge in [0, 0.05) is 25.7 Å². The Morgan fingerprint density at radius 2 is 0.938 bits per heavy atom. The molecule has 0 unspecified atom stereocenters. The number of ketones is 1.